The van der Waals surface area contributed by atoms with Crippen LogP contribution in [-0.2, 0) is 0 Å². The van der Waals surface area contributed by atoms with Gasteiger partial charge >= 0.3 is 0 Å². The molecule has 0 saturated heterocycles. The van der Waals surface area contributed by atoms with E-state index in [1.54, 1.807) is 0 Å². The van der Waals surface area contributed by atoms with Gasteiger partial charge in [0.05, 0.1) is 11.0 Å². The summed E-state index contributed by atoms with van der Waals surface area (Å²) in [6.07, 6.45) is 0. The molecule has 33 heavy (non-hydrogen) atoms. The van der Waals surface area contributed by atoms with E-state index in [2.05, 4.69) is 132 Å². The molecule has 0 amide bonds. The van der Waals surface area contributed by atoms with E-state index in [0.29, 0.717) is 0 Å². The standard InChI is InChI=1S/C28H22BrN.CH2Cl2/c1-19-11-15-21(16-12-19)30(22-17-13-20(2)14-18-22)28-25-9-5-3-7-23(25)27(29)24-8-4-6-10-26(24)28;2-1-3/h3-18H,1-2H3;1H2. The molecule has 0 bridgehead atoms. The van der Waals surface area contributed by atoms with Crippen LogP contribution in [0, 0.1) is 13.8 Å². The second-order valence-electron chi connectivity index (χ2n) is 7.86. The van der Waals surface area contributed by atoms with Crippen LogP contribution in [0.1, 0.15) is 11.1 Å². The number of nitrogens with zero attached hydrogens (tertiary/aromatic N) is 1. The van der Waals surface area contributed by atoms with E-state index in [9.17, 15) is 0 Å². The molecule has 166 valence electrons. The van der Waals surface area contributed by atoms with Crippen molar-refractivity contribution in [2.75, 3.05) is 10.2 Å². The molecule has 0 N–H and O–H groups in total. The number of fused-ring (bicyclic) bond motifs is 2. The topological polar surface area (TPSA) is 3.24 Å². The van der Waals surface area contributed by atoms with Gasteiger partial charge in [-0.3, -0.25) is 0 Å². The van der Waals surface area contributed by atoms with E-state index in [1.165, 1.54) is 38.4 Å². The Hall–Kier alpha value is -2.52. The summed E-state index contributed by atoms with van der Waals surface area (Å²) in [6.45, 7) is 4.26. The molecular weight excluding hydrogens is 513 g/mol. The largest absolute Gasteiger partial charge is 0.309 e. The third-order valence-corrected chi connectivity index (χ3v) is 6.50. The number of benzene rings is 5. The van der Waals surface area contributed by atoms with Gasteiger partial charge in [-0.1, -0.05) is 83.9 Å². The number of aryl methyl sites for hydroxylation is 2. The van der Waals surface area contributed by atoms with Crippen LogP contribution in [0.4, 0.5) is 17.1 Å². The van der Waals surface area contributed by atoms with Gasteiger partial charge < -0.3 is 4.90 Å². The van der Waals surface area contributed by atoms with Crippen molar-refractivity contribution >= 4 is 77.7 Å². The predicted molar refractivity (Wildman–Crippen MR) is 150 cm³/mol. The minimum Gasteiger partial charge on any atom is -0.309 e. The lowest BCUT2D eigenvalue weighted by atomic mass is 9.99. The maximum absolute atomic E-state index is 4.76. The number of hydrogen-bond donors (Lipinski definition) is 0. The van der Waals surface area contributed by atoms with Crippen LogP contribution in [0.15, 0.2) is 102 Å². The van der Waals surface area contributed by atoms with Crippen molar-refractivity contribution in [2.24, 2.45) is 0 Å². The summed E-state index contributed by atoms with van der Waals surface area (Å²) >= 11 is 13.4. The first-order chi connectivity index (χ1) is 16.0. The van der Waals surface area contributed by atoms with Crippen molar-refractivity contribution in [3.8, 4) is 0 Å². The zero-order chi connectivity index (χ0) is 23.4. The quantitative estimate of drug-likeness (QED) is 0.164. The van der Waals surface area contributed by atoms with E-state index >= 15 is 0 Å². The van der Waals surface area contributed by atoms with Gasteiger partial charge in [0.1, 0.15) is 0 Å². The van der Waals surface area contributed by atoms with E-state index in [0.717, 1.165) is 15.8 Å². The highest BCUT2D eigenvalue weighted by molar-refractivity contribution is 9.10. The molecule has 0 aliphatic heterocycles. The second-order valence-corrected chi connectivity index (χ2v) is 9.46. The lowest BCUT2D eigenvalue weighted by Crippen LogP contribution is -2.11. The Morgan fingerprint density at radius 3 is 1.27 bits per heavy atom. The number of hydrogen-bond acceptors (Lipinski definition) is 1. The van der Waals surface area contributed by atoms with Crippen LogP contribution in [-0.4, -0.2) is 5.34 Å². The van der Waals surface area contributed by atoms with Gasteiger partial charge in [0.15, 0.2) is 0 Å². The van der Waals surface area contributed by atoms with Crippen molar-refractivity contribution in [2.45, 2.75) is 13.8 Å². The summed E-state index contributed by atoms with van der Waals surface area (Å²) in [4.78, 5) is 2.38. The van der Waals surface area contributed by atoms with Crippen molar-refractivity contribution in [1.82, 2.24) is 0 Å². The third-order valence-electron chi connectivity index (χ3n) is 5.65. The molecule has 4 heteroatoms. The van der Waals surface area contributed by atoms with Crippen molar-refractivity contribution < 1.29 is 0 Å². The highest BCUT2D eigenvalue weighted by Gasteiger charge is 2.20. The molecule has 0 aliphatic carbocycles. The molecule has 0 atom stereocenters. The molecule has 0 unspecified atom stereocenters. The second kappa shape index (κ2) is 10.6. The highest BCUT2D eigenvalue weighted by atomic mass is 79.9. The van der Waals surface area contributed by atoms with Crippen LogP contribution in [0.3, 0.4) is 0 Å². The van der Waals surface area contributed by atoms with Crippen LogP contribution in [0.2, 0.25) is 0 Å². The Morgan fingerprint density at radius 1 is 0.576 bits per heavy atom. The molecular formula is C29H24BrCl2N. The lowest BCUT2D eigenvalue weighted by molar-refractivity contribution is 1.29. The molecule has 0 radical (unpaired) electrons. The van der Waals surface area contributed by atoms with Gasteiger partial charge in [-0.15, -0.1) is 23.2 Å². The van der Waals surface area contributed by atoms with Gasteiger partial charge in [0.2, 0.25) is 0 Å². The molecule has 5 rings (SSSR count). The van der Waals surface area contributed by atoms with E-state index in [1.807, 2.05) is 0 Å². The Kier molecular flexibility index (Phi) is 7.60. The van der Waals surface area contributed by atoms with Crippen molar-refractivity contribution in [1.29, 1.82) is 0 Å². The van der Waals surface area contributed by atoms with Crippen LogP contribution >= 0.6 is 39.1 Å². The van der Waals surface area contributed by atoms with Crippen molar-refractivity contribution in [3.05, 3.63) is 113 Å². The Morgan fingerprint density at radius 2 is 0.909 bits per heavy atom. The maximum atomic E-state index is 4.76. The molecule has 1 nitrogen and oxygen atoms in total. The van der Waals surface area contributed by atoms with Gasteiger partial charge in [-0.25, -0.2) is 0 Å². The van der Waals surface area contributed by atoms with E-state index in [4.69, 9.17) is 23.2 Å². The summed E-state index contributed by atoms with van der Waals surface area (Å²) in [5.74, 6) is 0. The maximum Gasteiger partial charge on any atom is 0.0967 e. The fourth-order valence-corrected chi connectivity index (χ4v) is 4.78. The SMILES string of the molecule is Cc1ccc(N(c2ccc(C)cc2)c2c3ccccc3c(Br)c3ccccc23)cc1.ClCCl. The summed E-state index contributed by atoms with van der Waals surface area (Å²) in [5.41, 5.74) is 6.03. The minimum atomic E-state index is 0.194. The monoisotopic (exact) mass is 535 g/mol. The molecule has 0 spiro atoms. The van der Waals surface area contributed by atoms with Crippen LogP contribution < -0.4 is 4.90 Å². The van der Waals surface area contributed by atoms with Crippen LogP contribution in [0.25, 0.3) is 21.5 Å². The van der Waals surface area contributed by atoms with E-state index < -0.39 is 0 Å². The zero-order valence-corrected chi connectivity index (χ0v) is 21.6. The number of rotatable bonds is 3. The molecule has 0 heterocycles. The van der Waals surface area contributed by atoms with Gasteiger partial charge in [-0.2, -0.15) is 0 Å². The first-order valence-electron chi connectivity index (χ1n) is 10.7. The fraction of sp³-hybridized carbons (Fsp3) is 0.103. The predicted octanol–water partition coefficient (Wildman–Crippen LogP) is 10.3. The molecule has 0 fully saturated rings. The Bertz CT molecular complexity index is 1280. The molecule has 0 saturated carbocycles. The number of alkyl halides is 2. The Labute approximate surface area is 213 Å². The normalized spacial score (nSPS) is 10.7. The first kappa shape index (κ1) is 23.6. The molecule has 0 aliphatic rings. The summed E-state index contributed by atoms with van der Waals surface area (Å²) in [5, 5.41) is 5.08. The fourth-order valence-electron chi connectivity index (χ4n) is 4.09. The average Bonchev–Trinajstić information content (AvgIpc) is 2.84. The number of anilines is 3. The lowest BCUT2D eigenvalue weighted by Gasteiger charge is -2.29. The smallest absolute Gasteiger partial charge is 0.0967 e. The van der Waals surface area contributed by atoms with Gasteiger partial charge in [0.25, 0.3) is 0 Å². The average molecular weight is 537 g/mol. The molecule has 5 aromatic carbocycles. The summed E-state index contributed by atoms with van der Waals surface area (Å²) in [6, 6.07) is 34.8. The van der Waals surface area contributed by atoms with Gasteiger partial charge in [0, 0.05) is 26.6 Å². The van der Waals surface area contributed by atoms with Crippen molar-refractivity contribution in [3.63, 3.8) is 0 Å². The molecule has 5 aromatic rings. The highest BCUT2D eigenvalue weighted by Crippen LogP contribution is 2.46. The van der Waals surface area contributed by atoms with E-state index in [-0.39, 0.29) is 5.34 Å². The minimum absolute atomic E-state index is 0.194. The zero-order valence-electron chi connectivity index (χ0n) is 18.5. The number of halogens is 3. The van der Waals surface area contributed by atoms with Gasteiger partial charge in [-0.05, 0) is 64.8 Å². The molecule has 0 aromatic heterocycles. The summed E-state index contributed by atoms with van der Waals surface area (Å²) < 4.78 is 1.14. The summed E-state index contributed by atoms with van der Waals surface area (Å²) in [7, 11) is 0. The van der Waals surface area contributed by atoms with Crippen LogP contribution in [0.5, 0.6) is 0 Å². The Balaban J connectivity index is 0.000000821. The third kappa shape index (κ3) is 4.89. The first-order valence-corrected chi connectivity index (χ1v) is 12.6.